The zero-order chi connectivity index (χ0) is 17.3. The number of nitrogens with two attached hydrogens (primary N) is 1. The second-order valence-corrected chi connectivity index (χ2v) is 6.18. The van der Waals surface area contributed by atoms with Crippen LogP contribution in [-0.4, -0.2) is 31.9 Å². The van der Waals surface area contributed by atoms with E-state index in [0.29, 0.717) is 34.1 Å². The molecule has 0 saturated heterocycles. The lowest BCUT2D eigenvalue weighted by molar-refractivity contribution is 0.0520. The molecule has 1 amide bonds. The fourth-order valence-electron chi connectivity index (χ4n) is 2.14. The van der Waals surface area contributed by atoms with E-state index in [4.69, 9.17) is 14.9 Å². The Kier molecular flexibility index (Phi) is 3.84. The highest BCUT2D eigenvalue weighted by Crippen LogP contribution is 2.29. The van der Waals surface area contributed by atoms with Gasteiger partial charge in [0.05, 0.1) is 11.9 Å². The van der Waals surface area contributed by atoms with Crippen molar-refractivity contribution < 1.29 is 13.9 Å². The topological polar surface area (TPSA) is 132 Å². The molecule has 0 aliphatic rings. The molecule has 0 aliphatic carbocycles. The normalized spacial score (nSPS) is 11.6. The summed E-state index contributed by atoms with van der Waals surface area (Å²) in [7, 11) is 0. The average molecular weight is 330 g/mol. The maximum Gasteiger partial charge on any atom is 0.408 e. The van der Waals surface area contributed by atoms with Gasteiger partial charge in [0.1, 0.15) is 29.2 Å². The molecular weight excluding hydrogens is 312 g/mol. The van der Waals surface area contributed by atoms with E-state index in [1.807, 2.05) is 0 Å². The number of furan rings is 1. The van der Waals surface area contributed by atoms with Gasteiger partial charge >= 0.3 is 6.09 Å². The number of ether oxygens (including phenoxy) is 1. The molecule has 126 valence electrons. The van der Waals surface area contributed by atoms with E-state index in [1.54, 1.807) is 32.9 Å². The number of aromatic nitrogens is 4. The number of anilines is 1. The molecule has 0 unspecified atom stereocenters. The van der Waals surface area contributed by atoms with Gasteiger partial charge in [-0.3, -0.25) is 5.10 Å². The van der Waals surface area contributed by atoms with Gasteiger partial charge in [-0.2, -0.15) is 5.10 Å². The van der Waals surface area contributed by atoms with E-state index in [-0.39, 0.29) is 6.54 Å². The van der Waals surface area contributed by atoms with Crippen LogP contribution >= 0.6 is 0 Å². The van der Waals surface area contributed by atoms with Crippen LogP contribution in [0.2, 0.25) is 0 Å². The van der Waals surface area contributed by atoms with Crippen molar-refractivity contribution >= 4 is 22.9 Å². The van der Waals surface area contributed by atoms with Gasteiger partial charge in [-0.1, -0.05) is 0 Å². The quantitative estimate of drug-likeness (QED) is 0.670. The molecule has 9 heteroatoms. The first-order valence-corrected chi connectivity index (χ1v) is 7.34. The molecular formula is C15H18N6O3. The van der Waals surface area contributed by atoms with Crippen molar-refractivity contribution in [3.63, 3.8) is 0 Å². The van der Waals surface area contributed by atoms with E-state index in [0.717, 1.165) is 0 Å². The second-order valence-electron chi connectivity index (χ2n) is 6.18. The molecule has 0 bridgehead atoms. The molecule has 0 spiro atoms. The van der Waals surface area contributed by atoms with Gasteiger partial charge in [0.2, 0.25) is 0 Å². The van der Waals surface area contributed by atoms with Crippen molar-refractivity contribution in [2.45, 2.75) is 32.9 Å². The predicted octanol–water partition coefficient (Wildman–Crippen LogP) is 2.22. The van der Waals surface area contributed by atoms with Crippen LogP contribution in [-0.2, 0) is 11.3 Å². The van der Waals surface area contributed by atoms with Crippen LogP contribution in [0.1, 0.15) is 26.5 Å². The third-order valence-corrected chi connectivity index (χ3v) is 3.09. The predicted molar refractivity (Wildman–Crippen MR) is 86.9 cm³/mol. The van der Waals surface area contributed by atoms with Crippen molar-refractivity contribution in [3.05, 3.63) is 24.2 Å². The van der Waals surface area contributed by atoms with Crippen LogP contribution in [0.15, 0.2) is 22.9 Å². The van der Waals surface area contributed by atoms with Gasteiger partial charge in [0, 0.05) is 0 Å². The molecule has 0 atom stereocenters. The standard InChI is InChI=1S/C15H18N6O3/c1-15(2,3)24-14(22)17-6-8-4-5-9(23-8)11-10-12(16)18-7-19-13(10)21-20-11/h4-5,7H,6H2,1-3H3,(H,17,22)(H3,16,18,19,20,21). The number of amides is 1. The third-order valence-electron chi connectivity index (χ3n) is 3.09. The minimum absolute atomic E-state index is 0.201. The number of carbonyl (C=O) groups is 1. The zero-order valence-corrected chi connectivity index (χ0v) is 13.6. The van der Waals surface area contributed by atoms with Gasteiger partial charge in [-0.15, -0.1) is 0 Å². The molecule has 3 heterocycles. The molecule has 24 heavy (non-hydrogen) atoms. The second kappa shape index (κ2) is 5.84. The van der Waals surface area contributed by atoms with E-state index in [2.05, 4.69) is 25.5 Å². The summed E-state index contributed by atoms with van der Waals surface area (Å²) in [6.07, 6.45) is 0.839. The van der Waals surface area contributed by atoms with E-state index in [9.17, 15) is 4.79 Å². The summed E-state index contributed by atoms with van der Waals surface area (Å²) >= 11 is 0. The van der Waals surface area contributed by atoms with E-state index >= 15 is 0 Å². The molecule has 0 saturated carbocycles. The molecule has 0 radical (unpaired) electrons. The Hall–Kier alpha value is -3.10. The van der Waals surface area contributed by atoms with Crippen LogP contribution in [0.3, 0.4) is 0 Å². The van der Waals surface area contributed by atoms with Crippen LogP contribution in [0.5, 0.6) is 0 Å². The summed E-state index contributed by atoms with van der Waals surface area (Å²) in [4.78, 5) is 19.7. The summed E-state index contributed by atoms with van der Waals surface area (Å²) in [6.45, 7) is 5.60. The Morgan fingerprint density at radius 2 is 2.17 bits per heavy atom. The number of H-pyrrole nitrogens is 1. The van der Waals surface area contributed by atoms with Gasteiger partial charge in [0.25, 0.3) is 0 Å². The fraction of sp³-hybridized carbons (Fsp3) is 0.333. The number of carbonyl (C=O) groups excluding carboxylic acids is 1. The Balaban J connectivity index is 1.75. The van der Waals surface area contributed by atoms with Crippen molar-refractivity contribution in [2.24, 2.45) is 0 Å². The van der Waals surface area contributed by atoms with Crippen LogP contribution in [0, 0.1) is 0 Å². The summed E-state index contributed by atoms with van der Waals surface area (Å²) in [5.74, 6) is 1.41. The molecule has 3 aromatic rings. The molecule has 0 aliphatic heterocycles. The number of nitrogen functional groups attached to an aromatic ring is 1. The molecule has 3 aromatic heterocycles. The Labute approximate surface area is 137 Å². The largest absolute Gasteiger partial charge is 0.458 e. The number of hydrogen-bond donors (Lipinski definition) is 3. The summed E-state index contributed by atoms with van der Waals surface area (Å²) < 4.78 is 10.9. The smallest absolute Gasteiger partial charge is 0.408 e. The fourth-order valence-corrected chi connectivity index (χ4v) is 2.14. The first-order chi connectivity index (χ1) is 11.3. The first kappa shape index (κ1) is 15.8. The minimum atomic E-state index is -0.551. The highest BCUT2D eigenvalue weighted by molar-refractivity contribution is 5.96. The van der Waals surface area contributed by atoms with Crippen LogP contribution in [0.25, 0.3) is 22.5 Å². The Morgan fingerprint density at radius 1 is 1.38 bits per heavy atom. The first-order valence-electron chi connectivity index (χ1n) is 7.34. The highest BCUT2D eigenvalue weighted by atomic mass is 16.6. The van der Waals surface area contributed by atoms with Crippen LogP contribution in [0.4, 0.5) is 10.6 Å². The lowest BCUT2D eigenvalue weighted by Crippen LogP contribution is -2.32. The number of nitrogens with one attached hydrogen (secondary N) is 2. The molecule has 9 nitrogen and oxygen atoms in total. The van der Waals surface area contributed by atoms with Crippen molar-refractivity contribution in [3.8, 4) is 11.5 Å². The van der Waals surface area contributed by atoms with Crippen LogP contribution < -0.4 is 11.1 Å². The van der Waals surface area contributed by atoms with Gasteiger partial charge in [0.15, 0.2) is 11.4 Å². The number of rotatable bonds is 3. The van der Waals surface area contributed by atoms with Gasteiger partial charge in [-0.05, 0) is 32.9 Å². The third kappa shape index (κ3) is 3.29. The molecule has 3 rings (SSSR count). The Bertz CT molecular complexity index is 877. The van der Waals surface area contributed by atoms with E-state index < -0.39 is 11.7 Å². The monoisotopic (exact) mass is 330 g/mol. The number of aromatic amines is 1. The zero-order valence-electron chi connectivity index (χ0n) is 13.6. The Morgan fingerprint density at radius 3 is 2.92 bits per heavy atom. The maximum absolute atomic E-state index is 11.7. The summed E-state index contributed by atoms with van der Waals surface area (Å²) in [5, 5.41) is 10.1. The van der Waals surface area contributed by atoms with Crippen molar-refractivity contribution in [2.75, 3.05) is 5.73 Å². The number of nitrogens with zero attached hydrogens (tertiary/aromatic N) is 3. The summed E-state index contributed by atoms with van der Waals surface area (Å²) in [6, 6.07) is 3.50. The highest BCUT2D eigenvalue weighted by Gasteiger charge is 2.18. The van der Waals surface area contributed by atoms with Gasteiger partial charge in [-0.25, -0.2) is 14.8 Å². The van der Waals surface area contributed by atoms with Crippen molar-refractivity contribution in [1.29, 1.82) is 0 Å². The number of hydrogen-bond acceptors (Lipinski definition) is 7. The molecule has 4 N–H and O–H groups in total. The lowest BCUT2D eigenvalue weighted by Gasteiger charge is -2.19. The molecule has 0 aromatic carbocycles. The minimum Gasteiger partial charge on any atom is -0.458 e. The SMILES string of the molecule is CC(C)(C)OC(=O)NCc1ccc(-c2[nH]nc3ncnc(N)c23)o1. The molecule has 0 fully saturated rings. The van der Waals surface area contributed by atoms with E-state index in [1.165, 1.54) is 6.33 Å². The summed E-state index contributed by atoms with van der Waals surface area (Å²) in [5.41, 5.74) is 6.38. The van der Waals surface area contributed by atoms with Crippen molar-refractivity contribution in [1.82, 2.24) is 25.5 Å². The maximum atomic E-state index is 11.7. The number of fused-ring (bicyclic) bond motifs is 1. The number of alkyl carbamates (subject to hydrolysis) is 1. The average Bonchev–Trinajstić information content (AvgIpc) is 3.10. The van der Waals surface area contributed by atoms with Gasteiger partial charge < -0.3 is 20.2 Å². The lowest BCUT2D eigenvalue weighted by atomic mass is 10.2.